The molecule has 0 atom stereocenters. The van der Waals surface area contributed by atoms with E-state index in [0.29, 0.717) is 36.5 Å². The lowest BCUT2D eigenvalue weighted by Gasteiger charge is -2.14. The Bertz CT molecular complexity index is 599. The summed E-state index contributed by atoms with van der Waals surface area (Å²) in [5.41, 5.74) is 0.126. The van der Waals surface area contributed by atoms with E-state index >= 15 is 0 Å². The number of carbonyl (C=O) groups excluding carboxylic acids is 1. The summed E-state index contributed by atoms with van der Waals surface area (Å²) in [7, 11) is 4.60. The quantitative estimate of drug-likeness (QED) is 0.711. The number of aryl methyl sites for hydroxylation is 1. The van der Waals surface area contributed by atoms with E-state index in [0.717, 1.165) is 5.56 Å². The number of ether oxygens (including phenoxy) is 3. The van der Waals surface area contributed by atoms with E-state index in [1.807, 2.05) is 0 Å². The van der Waals surface area contributed by atoms with Crippen LogP contribution in [0.1, 0.15) is 24.8 Å². The maximum absolute atomic E-state index is 12.0. The van der Waals surface area contributed by atoms with Gasteiger partial charge in [0.15, 0.2) is 11.5 Å². The molecule has 132 valence electrons. The molecular weight excluding hydrogens is 314 g/mol. The monoisotopic (exact) mass is 337 g/mol. The van der Waals surface area contributed by atoms with Crippen molar-refractivity contribution in [2.75, 3.05) is 27.9 Å². The van der Waals surface area contributed by atoms with E-state index in [4.69, 9.17) is 19.3 Å². The molecule has 2 N–H and O–H groups in total. The van der Waals surface area contributed by atoms with Crippen molar-refractivity contribution in [3.63, 3.8) is 0 Å². The molecular formula is C17H23NO6. The van der Waals surface area contributed by atoms with Gasteiger partial charge in [0.2, 0.25) is 11.7 Å². The summed E-state index contributed by atoms with van der Waals surface area (Å²) in [4.78, 5) is 23.0. The molecule has 7 nitrogen and oxygen atoms in total. The number of amides is 1. The SMILES string of the molecule is COc1cc(CCC(=O)NCC2(C(=O)O)CC2)cc(OC)c1OC. The Kier molecular flexibility index (Phi) is 5.54. The van der Waals surface area contributed by atoms with Gasteiger partial charge in [0.1, 0.15) is 0 Å². The molecule has 1 fully saturated rings. The number of hydrogen-bond donors (Lipinski definition) is 2. The Labute approximate surface area is 140 Å². The van der Waals surface area contributed by atoms with Crippen molar-refractivity contribution in [3.05, 3.63) is 17.7 Å². The van der Waals surface area contributed by atoms with Crippen LogP contribution >= 0.6 is 0 Å². The molecule has 1 aromatic carbocycles. The van der Waals surface area contributed by atoms with E-state index in [2.05, 4.69) is 5.32 Å². The average Bonchev–Trinajstić information content (AvgIpc) is 3.38. The van der Waals surface area contributed by atoms with Gasteiger partial charge in [-0.2, -0.15) is 0 Å². The van der Waals surface area contributed by atoms with Crippen molar-refractivity contribution in [2.45, 2.75) is 25.7 Å². The molecule has 0 aromatic heterocycles. The zero-order valence-corrected chi connectivity index (χ0v) is 14.2. The number of carbonyl (C=O) groups is 2. The summed E-state index contributed by atoms with van der Waals surface area (Å²) in [6.45, 7) is 0.191. The molecule has 1 amide bonds. The Hall–Kier alpha value is -2.44. The molecule has 1 saturated carbocycles. The number of methoxy groups -OCH3 is 3. The smallest absolute Gasteiger partial charge is 0.311 e. The lowest BCUT2D eigenvalue weighted by molar-refractivity contribution is -0.143. The van der Waals surface area contributed by atoms with Crippen LogP contribution in [0.2, 0.25) is 0 Å². The highest BCUT2D eigenvalue weighted by Gasteiger charge is 2.50. The summed E-state index contributed by atoms with van der Waals surface area (Å²) < 4.78 is 15.8. The normalized spacial score (nSPS) is 14.6. The minimum absolute atomic E-state index is 0.170. The molecule has 0 aliphatic heterocycles. The third-order valence-electron chi connectivity index (χ3n) is 4.30. The number of nitrogens with one attached hydrogen (secondary N) is 1. The summed E-state index contributed by atoms with van der Waals surface area (Å²) in [5.74, 6) is 0.569. The van der Waals surface area contributed by atoms with Crippen LogP contribution in [0.15, 0.2) is 12.1 Å². The lowest BCUT2D eigenvalue weighted by atomic mass is 10.1. The third-order valence-corrected chi connectivity index (χ3v) is 4.30. The first kappa shape index (κ1) is 17.9. The fraction of sp³-hybridized carbons (Fsp3) is 0.529. The molecule has 0 bridgehead atoms. The van der Waals surface area contributed by atoms with Gasteiger partial charge in [0.05, 0.1) is 26.7 Å². The molecule has 0 unspecified atom stereocenters. The van der Waals surface area contributed by atoms with Crippen LogP contribution in [0, 0.1) is 5.41 Å². The average molecular weight is 337 g/mol. The maximum atomic E-state index is 12.0. The van der Waals surface area contributed by atoms with E-state index in [1.54, 1.807) is 12.1 Å². The van der Waals surface area contributed by atoms with Gasteiger partial charge < -0.3 is 24.6 Å². The topological polar surface area (TPSA) is 94.1 Å². The number of carboxylic acid groups (broad SMARTS) is 1. The Morgan fingerprint density at radius 1 is 1.12 bits per heavy atom. The third kappa shape index (κ3) is 3.90. The Morgan fingerprint density at radius 2 is 1.71 bits per heavy atom. The molecule has 1 aliphatic rings. The van der Waals surface area contributed by atoms with Crippen LogP contribution in [0.25, 0.3) is 0 Å². The molecule has 0 saturated heterocycles. The predicted molar refractivity (Wildman–Crippen MR) is 86.7 cm³/mol. The van der Waals surface area contributed by atoms with Gasteiger partial charge in [0.25, 0.3) is 0 Å². The molecule has 0 spiro atoms. The van der Waals surface area contributed by atoms with Gasteiger partial charge >= 0.3 is 5.97 Å². The molecule has 24 heavy (non-hydrogen) atoms. The van der Waals surface area contributed by atoms with Gasteiger partial charge in [-0.3, -0.25) is 9.59 Å². The Balaban J connectivity index is 1.94. The van der Waals surface area contributed by atoms with Crippen molar-refractivity contribution in [1.82, 2.24) is 5.32 Å². The molecule has 1 aliphatic carbocycles. The first-order valence-electron chi connectivity index (χ1n) is 7.74. The van der Waals surface area contributed by atoms with Gasteiger partial charge in [-0.15, -0.1) is 0 Å². The highest BCUT2D eigenvalue weighted by molar-refractivity contribution is 5.81. The van der Waals surface area contributed by atoms with Crippen LogP contribution in [-0.4, -0.2) is 44.9 Å². The first-order valence-corrected chi connectivity index (χ1v) is 7.74. The lowest BCUT2D eigenvalue weighted by Crippen LogP contribution is -2.34. The van der Waals surface area contributed by atoms with Crippen molar-refractivity contribution < 1.29 is 28.9 Å². The van der Waals surface area contributed by atoms with Crippen LogP contribution in [0.5, 0.6) is 17.2 Å². The minimum atomic E-state index is -0.840. The van der Waals surface area contributed by atoms with Crippen molar-refractivity contribution in [2.24, 2.45) is 5.41 Å². The molecule has 1 aromatic rings. The maximum Gasteiger partial charge on any atom is 0.311 e. The van der Waals surface area contributed by atoms with Crippen molar-refractivity contribution >= 4 is 11.9 Å². The summed E-state index contributed by atoms with van der Waals surface area (Å²) in [6.07, 6.45) is 1.99. The van der Waals surface area contributed by atoms with Crippen LogP contribution in [0.4, 0.5) is 0 Å². The minimum Gasteiger partial charge on any atom is -0.493 e. The number of rotatable bonds is 9. The number of carboxylic acids is 1. The molecule has 0 radical (unpaired) electrons. The highest BCUT2D eigenvalue weighted by Crippen LogP contribution is 2.45. The van der Waals surface area contributed by atoms with E-state index in [9.17, 15) is 9.59 Å². The largest absolute Gasteiger partial charge is 0.493 e. The van der Waals surface area contributed by atoms with E-state index < -0.39 is 11.4 Å². The van der Waals surface area contributed by atoms with Crippen LogP contribution in [0.3, 0.4) is 0 Å². The van der Waals surface area contributed by atoms with Crippen molar-refractivity contribution in [3.8, 4) is 17.2 Å². The standard InChI is InChI=1S/C17H23NO6/c1-22-12-8-11(9-13(23-2)15(12)24-3)4-5-14(19)18-10-17(6-7-17)16(20)21/h8-9H,4-7,10H2,1-3H3,(H,18,19)(H,20,21). The van der Waals surface area contributed by atoms with Gasteiger partial charge in [-0.05, 0) is 37.0 Å². The first-order chi connectivity index (χ1) is 11.5. The zero-order chi connectivity index (χ0) is 17.7. The van der Waals surface area contributed by atoms with Crippen molar-refractivity contribution in [1.29, 1.82) is 0 Å². The summed E-state index contributed by atoms with van der Waals surface area (Å²) >= 11 is 0. The van der Waals surface area contributed by atoms with Gasteiger partial charge in [0, 0.05) is 13.0 Å². The van der Waals surface area contributed by atoms with Gasteiger partial charge in [-0.25, -0.2) is 0 Å². The molecule has 2 rings (SSSR count). The summed E-state index contributed by atoms with van der Waals surface area (Å²) in [5, 5.41) is 11.8. The fourth-order valence-corrected chi connectivity index (χ4v) is 2.51. The molecule has 7 heteroatoms. The fourth-order valence-electron chi connectivity index (χ4n) is 2.51. The molecule has 0 heterocycles. The second-order valence-corrected chi connectivity index (χ2v) is 5.90. The zero-order valence-electron chi connectivity index (χ0n) is 14.2. The number of hydrogen-bond acceptors (Lipinski definition) is 5. The van der Waals surface area contributed by atoms with E-state index in [1.165, 1.54) is 21.3 Å². The second kappa shape index (κ2) is 7.42. The predicted octanol–water partition coefficient (Wildman–Crippen LogP) is 1.63. The second-order valence-electron chi connectivity index (χ2n) is 5.90. The number of aliphatic carboxylic acids is 1. The Morgan fingerprint density at radius 3 is 2.12 bits per heavy atom. The van der Waals surface area contributed by atoms with Crippen LogP contribution < -0.4 is 19.5 Å². The number of benzene rings is 1. The van der Waals surface area contributed by atoms with Crippen LogP contribution in [-0.2, 0) is 16.0 Å². The highest BCUT2D eigenvalue weighted by atomic mass is 16.5. The van der Waals surface area contributed by atoms with Gasteiger partial charge in [-0.1, -0.05) is 0 Å². The van der Waals surface area contributed by atoms with E-state index in [-0.39, 0.29) is 18.9 Å². The summed E-state index contributed by atoms with van der Waals surface area (Å²) in [6, 6.07) is 3.60.